The number of benzene rings is 1. The van der Waals surface area contributed by atoms with E-state index in [0.717, 1.165) is 28.5 Å². The standard InChI is InChI=1S/C21H28N4O4S/c1-5-27-20(26)18-13(2)24-19(30-18)14(3)25-21(22-4)23-12-15-7-8-16-17(11-15)29-10-6-9-28-16/h7-8,11,14H,5-6,9-10,12H2,1-4H3,(H2,22,23,25). The molecule has 0 spiro atoms. The van der Waals surface area contributed by atoms with Crippen LogP contribution in [-0.4, -0.2) is 43.8 Å². The highest BCUT2D eigenvalue weighted by molar-refractivity contribution is 7.13. The monoisotopic (exact) mass is 432 g/mol. The van der Waals surface area contributed by atoms with Crippen LogP contribution in [0.5, 0.6) is 11.5 Å². The molecule has 2 N–H and O–H groups in total. The van der Waals surface area contributed by atoms with Crippen LogP contribution >= 0.6 is 11.3 Å². The van der Waals surface area contributed by atoms with E-state index in [1.54, 1.807) is 14.0 Å². The predicted molar refractivity (Wildman–Crippen MR) is 117 cm³/mol. The van der Waals surface area contributed by atoms with Crippen molar-refractivity contribution in [2.24, 2.45) is 4.99 Å². The van der Waals surface area contributed by atoms with E-state index in [0.29, 0.717) is 42.9 Å². The number of ether oxygens (including phenoxy) is 3. The predicted octanol–water partition coefficient (Wildman–Crippen LogP) is 3.22. The van der Waals surface area contributed by atoms with Gasteiger partial charge in [-0.2, -0.15) is 0 Å². The molecule has 1 aromatic heterocycles. The van der Waals surface area contributed by atoms with E-state index in [1.165, 1.54) is 11.3 Å². The first-order valence-electron chi connectivity index (χ1n) is 10.0. The second kappa shape index (κ2) is 10.3. The van der Waals surface area contributed by atoms with Gasteiger partial charge in [0.15, 0.2) is 17.5 Å². The summed E-state index contributed by atoms with van der Waals surface area (Å²) in [5, 5.41) is 7.42. The molecule has 30 heavy (non-hydrogen) atoms. The lowest BCUT2D eigenvalue weighted by Gasteiger charge is -2.17. The van der Waals surface area contributed by atoms with Gasteiger partial charge < -0.3 is 24.8 Å². The van der Waals surface area contributed by atoms with E-state index in [2.05, 4.69) is 20.6 Å². The number of carbonyl (C=O) groups excluding carboxylic acids is 1. The Morgan fingerprint density at radius 3 is 2.83 bits per heavy atom. The van der Waals surface area contributed by atoms with E-state index >= 15 is 0 Å². The quantitative estimate of drug-likeness (QED) is 0.411. The fraction of sp³-hybridized carbons (Fsp3) is 0.476. The molecule has 0 saturated carbocycles. The SMILES string of the molecule is CCOC(=O)c1sc(C(C)NC(=NC)NCc2ccc3c(c2)OCCCO3)nc1C. The van der Waals surface area contributed by atoms with Gasteiger partial charge >= 0.3 is 5.97 Å². The summed E-state index contributed by atoms with van der Waals surface area (Å²) in [4.78, 5) is 21.4. The molecule has 9 heteroatoms. The van der Waals surface area contributed by atoms with Crippen LogP contribution in [0.15, 0.2) is 23.2 Å². The second-order valence-corrected chi connectivity index (χ2v) is 7.84. The van der Waals surface area contributed by atoms with Crippen molar-refractivity contribution in [2.45, 2.75) is 39.8 Å². The Bertz CT molecular complexity index is 912. The maximum Gasteiger partial charge on any atom is 0.350 e. The molecule has 2 heterocycles. The van der Waals surface area contributed by atoms with Crippen molar-refractivity contribution in [3.8, 4) is 11.5 Å². The van der Waals surface area contributed by atoms with Crippen molar-refractivity contribution < 1.29 is 19.0 Å². The summed E-state index contributed by atoms with van der Waals surface area (Å²) in [6.45, 7) is 7.84. The molecule has 0 fully saturated rings. The van der Waals surface area contributed by atoms with Crippen LogP contribution in [0.1, 0.15) is 52.2 Å². The van der Waals surface area contributed by atoms with Crippen molar-refractivity contribution in [3.05, 3.63) is 39.3 Å². The molecular weight excluding hydrogens is 404 g/mol. The highest BCUT2D eigenvalue weighted by Crippen LogP contribution is 2.30. The van der Waals surface area contributed by atoms with Gasteiger partial charge in [-0.15, -0.1) is 11.3 Å². The van der Waals surface area contributed by atoms with Crippen molar-refractivity contribution in [1.82, 2.24) is 15.6 Å². The molecule has 1 atom stereocenters. The first kappa shape index (κ1) is 21.9. The van der Waals surface area contributed by atoms with Crippen LogP contribution in [0.4, 0.5) is 0 Å². The Morgan fingerprint density at radius 1 is 1.33 bits per heavy atom. The first-order valence-corrected chi connectivity index (χ1v) is 10.8. The maximum atomic E-state index is 12.0. The fourth-order valence-electron chi connectivity index (χ4n) is 2.95. The lowest BCUT2D eigenvalue weighted by Crippen LogP contribution is -2.38. The molecule has 0 saturated heterocycles. The number of thiazole rings is 1. The van der Waals surface area contributed by atoms with Crippen LogP contribution in [0.2, 0.25) is 0 Å². The maximum absolute atomic E-state index is 12.0. The highest BCUT2D eigenvalue weighted by Gasteiger charge is 2.20. The van der Waals surface area contributed by atoms with E-state index in [-0.39, 0.29) is 12.0 Å². The lowest BCUT2D eigenvalue weighted by atomic mass is 10.2. The molecule has 3 rings (SSSR count). The van der Waals surface area contributed by atoms with Crippen molar-refractivity contribution in [1.29, 1.82) is 0 Å². The smallest absolute Gasteiger partial charge is 0.350 e. The van der Waals surface area contributed by atoms with Gasteiger partial charge in [0.05, 0.1) is 31.6 Å². The number of guanidine groups is 1. The number of rotatable bonds is 6. The third-order valence-corrected chi connectivity index (χ3v) is 5.81. The Labute approximate surface area is 180 Å². The van der Waals surface area contributed by atoms with E-state index < -0.39 is 0 Å². The summed E-state index contributed by atoms with van der Waals surface area (Å²) >= 11 is 1.34. The van der Waals surface area contributed by atoms with Crippen LogP contribution in [0.25, 0.3) is 0 Å². The van der Waals surface area contributed by atoms with Gasteiger partial charge in [0.1, 0.15) is 9.88 Å². The molecule has 8 nitrogen and oxygen atoms in total. The summed E-state index contributed by atoms with van der Waals surface area (Å²) in [6, 6.07) is 5.81. The number of hydrogen-bond donors (Lipinski definition) is 2. The normalized spacial score (nSPS) is 14.6. The minimum absolute atomic E-state index is 0.119. The van der Waals surface area contributed by atoms with Crippen molar-refractivity contribution in [2.75, 3.05) is 26.9 Å². The first-order chi connectivity index (χ1) is 14.5. The van der Waals surface area contributed by atoms with Gasteiger partial charge in [-0.1, -0.05) is 6.07 Å². The molecule has 1 aliphatic rings. The fourth-order valence-corrected chi connectivity index (χ4v) is 3.92. The van der Waals surface area contributed by atoms with Crippen LogP contribution < -0.4 is 20.1 Å². The summed E-state index contributed by atoms with van der Waals surface area (Å²) in [5.41, 5.74) is 1.74. The molecule has 0 bridgehead atoms. The number of aromatic nitrogens is 1. The molecule has 1 unspecified atom stereocenters. The zero-order valence-electron chi connectivity index (χ0n) is 17.8. The number of nitrogens with one attached hydrogen (secondary N) is 2. The Kier molecular flexibility index (Phi) is 7.51. The third-order valence-electron chi connectivity index (χ3n) is 4.49. The topological polar surface area (TPSA) is 94.1 Å². The average molecular weight is 433 g/mol. The number of carbonyl (C=O) groups is 1. The van der Waals surface area contributed by atoms with Gasteiger partial charge in [0, 0.05) is 20.0 Å². The number of esters is 1. The lowest BCUT2D eigenvalue weighted by molar-refractivity contribution is 0.0531. The Morgan fingerprint density at radius 2 is 2.10 bits per heavy atom. The largest absolute Gasteiger partial charge is 0.490 e. The van der Waals surface area contributed by atoms with Crippen LogP contribution in [-0.2, 0) is 11.3 Å². The average Bonchev–Trinajstić information content (AvgIpc) is 2.98. The van der Waals surface area contributed by atoms with Gasteiger partial charge in [0.25, 0.3) is 0 Å². The van der Waals surface area contributed by atoms with Gasteiger partial charge in [0.2, 0.25) is 0 Å². The second-order valence-electron chi connectivity index (χ2n) is 6.81. The molecule has 2 aromatic rings. The van der Waals surface area contributed by atoms with Gasteiger partial charge in [-0.05, 0) is 38.5 Å². The van der Waals surface area contributed by atoms with Crippen LogP contribution in [0.3, 0.4) is 0 Å². The third kappa shape index (κ3) is 5.41. The minimum atomic E-state index is -0.331. The molecule has 1 aromatic carbocycles. The number of aryl methyl sites for hydroxylation is 1. The summed E-state index contributed by atoms with van der Waals surface area (Å²) in [6.07, 6.45) is 0.880. The summed E-state index contributed by atoms with van der Waals surface area (Å²) < 4.78 is 16.5. The number of nitrogens with zero attached hydrogens (tertiary/aromatic N) is 2. The van der Waals surface area contributed by atoms with Gasteiger partial charge in [-0.25, -0.2) is 9.78 Å². The highest BCUT2D eigenvalue weighted by atomic mass is 32.1. The zero-order chi connectivity index (χ0) is 21.5. The van der Waals surface area contributed by atoms with E-state index in [4.69, 9.17) is 14.2 Å². The molecular formula is C21H28N4O4S. The van der Waals surface area contributed by atoms with Crippen molar-refractivity contribution >= 4 is 23.3 Å². The number of aliphatic imine (C=N–C) groups is 1. The Hall–Kier alpha value is -2.81. The summed E-state index contributed by atoms with van der Waals surface area (Å²) in [5.74, 6) is 1.86. The van der Waals surface area contributed by atoms with Crippen molar-refractivity contribution in [3.63, 3.8) is 0 Å². The molecule has 0 aliphatic carbocycles. The van der Waals surface area contributed by atoms with Crippen LogP contribution in [0, 0.1) is 6.92 Å². The number of fused-ring (bicyclic) bond motifs is 1. The Balaban J connectivity index is 1.60. The zero-order valence-corrected chi connectivity index (χ0v) is 18.6. The van der Waals surface area contributed by atoms with E-state index in [9.17, 15) is 4.79 Å². The molecule has 0 radical (unpaired) electrons. The molecule has 162 valence electrons. The number of hydrogen-bond acceptors (Lipinski definition) is 7. The summed E-state index contributed by atoms with van der Waals surface area (Å²) in [7, 11) is 1.72. The minimum Gasteiger partial charge on any atom is -0.490 e. The van der Waals surface area contributed by atoms with Gasteiger partial charge in [-0.3, -0.25) is 4.99 Å². The molecule has 1 aliphatic heterocycles. The van der Waals surface area contributed by atoms with E-state index in [1.807, 2.05) is 32.0 Å². The molecule has 0 amide bonds.